The molecule has 2 rings (SSSR count). The summed E-state index contributed by atoms with van der Waals surface area (Å²) in [5.74, 6) is 0.684. The Morgan fingerprint density at radius 1 is 1.35 bits per heavy atom. The van der Waals surface area contributed by atoms with E-state index in [0.717, 1.165) is 11.5 Å². The van der Waals surface area contributed by atoms with Gasteiger partial charge < -0.3 is 5.32 Å². The smallest absolute Gasteiger partial charge is 0.146 e. The van der Waals surface area contributed by atoms with Gasteiger partial charge in [0.1, 0.15) is 5.82 Å². The Kier molecular flexibility index (Phi) is 4.03. The van der Waals surface area contributed by atoms with Crippen molar-refractivity contribution < 1.29 is 4.39 Å². The number of nitrogens with one attached hydrogen (secondary N) is 1. The maximum atomic E-state index is 13.6. The molecule has 1 saturated carbocycles. The van der Waals surface area contributed by atoms with Crippen LogP contribution in [0.3, 0.4) is 0 Å². The maximum Gasteiger partial charge on any atom is 0.146 e. The lowest BCUT2D eigenvalue weighted by molar-refractivity contribution is 0.327. The van der Waals surface area contributed by atoms with Gasteiger partial charge in [0.25, 0.3) is 0 Å². The lowest BCUT2D eigenvalue weighted by atomic mass is 9.84. The van der Waals surface area contributed by atoms with E-state index in [1.165, 1.54) is 32.1 Å². The highest BCUT2D eigenvalue weighted by Gasteiger charge is 2.21. The summed E-state index contributed by atoms with van der Waals surface area (Å²) in [6.45, 7) is 4.25. The number of halogens is 1. The van der Waals surface area contributed by atoms with Crippen LogP contribution in [-0.4, -0.2) is 6.04 Å². The molecule has 1 aromatic rings. The van der Waals surface area contributed by atoms with Gasteiger partial charge in [0.05, 0.1) is 5.69 Å². The van der Waals surface area contributed by atoms with E-state index in [1.807, 2.05) is 19.1 Å². The Bertz CT molecular complexity index is 375. The number of hydrogen-bond donors (Lipinski definition) is 1. The van der Waals surface area contributed by atoms with Gasteiger partial charge in [-0.25, -0.2) is 4.39 Å². The third-order valence-electron chi connectivity index (χ3n) is 3.84. The zero-order valence-corrected chi connectivity index (χ0v) is 10.8. The average molecular weight is 235 g/mol. The fourth-order valence-electron chi connectivity index (χ4n) is 2.76. The number of benzene rings is 1. The first-order valence-corrected chi connectivity index (χ1v) is 6.71. The highest BCUT2D eigenvalue weighted by Crippen LogP contribution is 2.29. The molecule has 0 bridgehead atoms. The SMILES string of the molecule is CCC1CCCC(Nc2cc(C)ccc2F)C1. The van der Waals surface area contributed by atoms with Gasteiger partial charge in [0, 0.05) is 6.04 Å². The van der Waals surface area contributed by atoms with Crippen molar-refractivity contribution in [2.75, 3.05) is 5.32 Å². The summed E-state index contributed by atoms with van der Waals surface area (Å²) in [4.78, 5) is 0. The Hall–Kier alpha value is -1.05. The lowest BCUT2D eigenvalue weighted by Crippen LogP contribution is -2.27. The van der Waals surface area contributed by atoms with Crippen molar-refractivity contribution in [2.45, 2.75) is 52.0 Å². The quantitative estimate of drug-likeness (QED) is 0.812. The molecule has 0 aromatic heterocycles. The van der Waals surface area contributed by atoms with Crippen LogP contribution in [0.5, 0.6) is 0 Å². The van der Waals surface area contributed by atoms with E-state index in [2.05, 4.69) is 12.2 Å². The molecular formula is C15H22FN. The van der Waals surface area contributed by atoms with Crippen molar-refractivity contribution in [1.29, 1.82) is 0 Å². The number of rotatable bonds is 3. The third-order valence-corrected chi connectivity index (χ3v) is 3.84. The largest absolute Gasteiger partial charge is 0.380 e. The molecule has 0 amide bonds. The molecule has 1 aliphatic carbocycles. The average Bonchev–Trinajstić information content (AvgIpc) is 2.34. The summed E-state index contributed by atoms with van der Waals surface area (Å²) < 4.78 is 13.6. The lowest BCUT2D eigenvalue weighted by Gasteiger charge is -2.30. The highest BCUT2D eigenvalue weighted by molar-refractivity contribution is 5.47. The predicted octanol–water partition coefficient (Wildman–Crippen LogP) is 4.51. The molecule has 2 atom stereocenters. The van der Waals surface area contributed by atoms with E-state index in [-0.39, 0.29) is 5.82 Å². The minimum absolute atomic E-state index is 0.130. The second-order valence-electron chi connectivity index (χ2n) is 5.27. The molecule has 94 valence electrons. The number of anilines is 1. The van der Waals surface area contributed by atoms with Gasteiger partial charge in [-0.05, 0) is 43.4 Å². The highest BCUT2D eigenvalue weighted by atomic mass is 19.1. The summed E-state index contributed by atoms with van der Waals surface area (Å²) in [6, 6.07) is 5.73. The molecule has 1 fully saturated rings. The van der Waals surface area contributed by atoms with Crippen LogP contribution in [0.25, 0.3) is 0 Å². The first-order valence-electron chi connectivity index (χ1n) is 6.71. The van der Waals surface area contributed by atoms with Crippen molar-refractivity contribution in [3.63, 3.8) is 0 Å². The summed E-state index contributed by atoms with van der Waals surface area (Å²) in [5, 5.41) is 3.38. The molecule has 2 heteroatoms. The zero-order valence-electron chi connectivity index (χ0n) is 10.8. The monoisotopic (exact) mass is 235 g/mol. The van der Waals surface area contributed by atoms with Crippen LogP contribution in [0.15, 0.2) is 18.2 Å². The fraction of sp³-hybridized carbons (Fsp3) is 0.600. The number of hydrogen-bond acceptors (Lipinski definition) is 1. The molecule has 1 N–H and O–H groups in total. The maximum absolute atomic E-state index is 13.6. The second kappa shape index (κ2) is 5.52. The predicted molar refractivity (Wildman–Crippen MR) is 70.8 cm³/mol. The summed E-state index contributed by atoms with van der Waals surface area (Å²) in [7, 11) is 0. The van der Waals surface area contributed by atoms with Crippen LogP contribution in [0.4, 0.5) is 10.1 Å². The summed E-state index contributed by atoms with van der Waals surface area (Å²) >= 11 is 0. The van der Waals surface area contributed by atoms with Crippen molar-refractivity contribution >= 4 is 5.69 Å². The molecule has 1 nitrogen and oxygen atoms in total. The van der Waals surface area contributed by atoms with Gasteiger partial charge >= 0.3 is 0 Å². The Morgan fingerprint density at radius 3 is 2.94 bits per heavy atom. The first-order chi connectivity index (χ1) is 8.19. The topological polar surface area (TPSA) is 12.0 Å². The minimum atomic E-state index is -0.130. The summed E-state index contributed by atoms with van der Waals surface area (Å²) in [5.41, 5.74) is 1.78. The van der Waals surface area contributed by atoms with Crippen LogP contribution in [0.1, 0.15) is 44.6 Å². The van der Waals surface area contributed by atoms with Gasteiger partial charge in [-0.15, -0.1) is 0 Å². The second-order valence-corrected chi connectivity index (χ2v) is 5.27. The van der Waals surface area contributed by atoms with Crippen molar-refractivity contribution in [2.24, 2.45) is 5.92 Å². The molecular weight excluding hydrogens is 213 g/mol. The fourth-order valence-corrected chi connectivity index (χ4v) is 2.76. The minimum Gasteiger partial charge on any atom is -0.380 e. The van der Waals surface area contributed by atoms with E-state index in [9.17, 15) is 4.39 Å². The van der Waals surface area contributed by atoms with Crippen LogP contribution in [0, 0.1) is 18.7 Å². The molecule has 2 unspecified atom stereocenters. The molecule has 0 saturated heterocycles. The number of aryl methyl sites for hydroxylation is 1. The zero-order chi connectivity index (χ0) is 12.3. The summed E-state index contributed by atoms with van der Waals surface area (Å²) in [6.07, 6.45) is 6.21. The molecule has 0 heterocycles. The van der Waals surface area contributed by atoms with Gasteiger partial charge in [0.15, 0.2) is 0 Å². The van der Waals surface area contributed by atoms with Gasteiger partial charge in [-0.1, -0.05) is 32.3 Å². The Balaban J connectivity index is 2.02. The van der Waals surface area contributed by atoms with Crippen LogP contribution in [0.2, 0.25) is 0 Å². The van der Waals surface area contributed by atoms with Crippen molar-refractivity contribution in [1.82, 2.24) is 0 Å². The van der Waals surface area contributed by atoms with E-state index < -0.39 is 0 Å². The van der Waals surface area contributed by atoms with Crippen LogP contribution >= 0.6 is 0 Å². The van der Waals surface area contributed by atoms with E-state index >= 15 is 0 Å². The van der Waals surface area contributed by atoms with Gasteiger partial charge in [0.2, 0.25) is 0 Å². The molecule has 0 aliphatic heterocycles. The molecule has 17 heavy (non-hydrogen) atoms. The van der Waals surface area contributed by atoms with Crippen molar-refractivity contribution in [3.8, 4) is 0 Å². The van der Waals surface area contributed by atoms with E-state index in [0.29, 0.717) is 11.7 Å². The molecule has 1 aromatic carbocycles. The molecule has 1 aliphatic rings. The first kappa shape index (κ1) is 12.4. The molecule has 0 radical (unpaired) electrons. The van der Waals surface area contributed by atoms with Crippen molar-refractivity contribution in [3.05, 3.63) is 29.6 Å². The van der Waals surface area contributed by atoms with E-state index in [4.69, 9.17) is 0 Å². The Morgan fingerprint density at radius 2 is 2.18 bits per heavy atom. The molecule has 0 spiro atoms. The van der Waals surface area contributed by atoms with Crippen LogP contribution < -0.4 is 5.32 Å². The Labute approximate surface area is 103 Å². The van der Waals surface area contributed by atoms with Gasteiger partial charge in [-0.2, -0.15) is 0 Å². The van der Waals surface area contributed by atoms with E-state index in [1.54, 1.807) is 6.07 Å². The normalized spacial score (nSPS) is 24.6. The standard InChI is InChI=1S/C15H22FN/c1-3-12-5-4-6-13(10-12)17-15-9-11(2)7-8-14(15)16/h7-9,12-13,17H,3-6,10H2,1-2H3. The van der Waals surface area contributed by atoms with Gasteiger partial charge in [-0.3, -0.25) is 0 Å². The van der Waals surface area contributed by atoms with Crippen LogP contribution in [-0.2, 0) is 0 Å². The third kappa shape index (κ3) is 3.21.